The lowest BCUT2D eigenvalue weighted by atomic mass is 10.3. The Morgan fingerprint density at radius 2 is 1.60 bits per heavy atom. The molecule has 0 aromatic heterocycles. The monoisotopic (exact) mass is 204 g/mol. The van der Waals surface area contributed by atoms with Crippen molar-refractivity contribution in [1.29, 1.82) is 0 Å². The fraction of sp³-hybridized carbons (Fsp3) is 0.231. The Kier molecular flexibility index (Phi) is 9.46. The molecule has 15 heavy (non-hydrogen) atoms. The third kappa shape index (κ3) is 8.78. The molecule has 0 aliphatic rings. The minimum atomic E-state index is 0.867. The van der Waals surface area contributed by atoms with E-state index in [9.17, 15) is 0 Å². The van der Waals surface area contributed by atoms with Gasteiger partial charge in [0.15, 0.2) is 0 Å². The van der Waals surface area contributed by atoms with Gasteiger partial charge in [0.1, 0.15) is 0 Å². The number of benzene rings is 1. The second-order valence-corrected chi connectivity index (χ2v) is 2.85. The summed E-state index contributed by atoms with van der Waals surface area (Å²) in [6.07, 6.45) is 3.65. The van der Waals surface area contributed by atoms with E-state index < -0.39 is 0 Å². The predicted molar refractivity (Wildman–Crippen MR) is 69.3 cm³/mol. The molecule has 2 heteroatoms. The summed E-state index contributed by atoms with van der Waals surface area (Å²) >= 11 is 0. The van der Waals surface area contributed by atoms with Crippen LogP contribution in [0.3, 0.4) is 0 Å². The lowest BCUT2D eigenvalue weighted by Crippen LogP contribution is -2.11. The molecular weight excluding hydrogens is 184 g/mol. The summed E-state index contributed by atoms with van der Waals surface area (Å²) in [5, 5.41) is 6.08. The summed E-state index contributed by atoms with van der Waals surface area (Å²) in [7, 11) is 1.91. The van der Waals surface area contributed by atoms with Crippen LogP contribution in [0.15, 0.2) is 55.6 Å². The number of anilines is 1. The zero-order valence-corrected chi connectivity index (χ0v) is 9.37. The first-order valence-corrected chi connectivity index (χ1v) is 5.00. The second kappa shape index (κ2) is 10.5. The predicted octanol–water partition coefficient (Wildman–Crippen LogP) is 2.68. The van der Waals surface area contributed by atoms with Crippen molar-refractivity contribution in [3.63, 3.8) is 0 Å². The highest BCUT2D eigenvalue weighted by atomic mass is 14.8. The topological polar surface area (TPSA) is 24.1 Å². The molecule has 0 unspecified atom stereocenters. The quantitative estimate of drug-likeness (QED) is 0.569. The van der Waals surface area contributed by atoms with E-state index in [-0.39, 0.29) is 0 Å². The summed E-state index contributed by atoms with van der Waals surface area (Å²) in [4.78, 5) is 0. The number of hydrogen-bond acceptors (Lipinski definition) is 2. The highest BCUT2D eigenvalue weighted by Gasteiger charge is 1.77. The third-order valence-corrected chi connectivity index (χ3v) is 1.64. The van der Waals surface area contributed by atoms with Gasteiger partial charge in [-0.2, -0.15) is 0 Å². The van der Waals surface area contributed by atoms with Crippen LogP contribution in [0.1, 0.15) is 0 Å². The van der Waals surface area contributed by atoms with Crippen molar-refractivity contribution in [1.82, 2.24) is 5.32 Å². The minimum absolute atomic E-state index is 0.867. The van der Waals surface area contributed by atoms with Crippen LogP contribution in [0, 0.1) is 0 Å². The largest absolute Gasteiger partial charge is 0.388 e. The SMILES string of the molecule is C=CCNCC=C.CNc1ccccc1. The zero-order valence-electron chi connectivity index (χ0n) is 9.37. The molecule has 0 fully saturated rings. The van der Waals surface area contributed by atoms with Crippen LogP contribution in [0.2, 0.25) is 0 Å². The average Bonchev–Trinajstić information content (AvgIpc) is 2.32. The van der Waals surface area contributed by atoms with Crippen molar-refractivity contribution in [2.75, 3.05) is 25.5 Å². The molecule has 0 saturated carbocycles. The van der Waals surface area contributed by atoms with Crippen molar-refractivity contribution in [2.24, 2.45) is 0 Å². The van der Waals surface area contributed by atoms with Gasteiger partial charge in [-0.1, -0.05) is 30.4 Å². The first-order valence-electron chi connectivity index (χ1n) is 5.00. The summed E-state index contributed by atoms with van der Waals surface area (Å²) in [6.45, 7) is 8.81. The van der Waals surface area contributed by atoms with Crippen molar-refractivity contribution in [3.8, 4) is 0 Å². The van der Waals surface area contributed by atoms with E-state index >= 15 is 0 Å². The van der Waals surface area contributed by atoms with E-state index in [1.54, 1.807) is 0 Å². The summed E-state index contributed by atoms with van der Waals surface area (Å²) < 4.78 is 0. The molecule has 0 amide bonds. The normalized spacial score (nSPS) is 8.33. The maximum absolute atomic E-state index is 3.54. The fourth-order valence-corrected chi connectivity index (χ4v) is 0.892. The molecule has 0 bridgehead atoms. The maximum Gasteiger partial charge on any atom is 0.0337 e. The van der Waals surface area contributed by atoms with Crippen LogP contribution in [-0.2, 0) is 0 Å². The molecule has 0 aliphatic carbocycles. The van der Waals surface area contributed by atoms with Gasteiger partial charge < -0.3 is 10.6 Å². The lowest BCUT2D eigenvalue weighted by molar-refractivity contribution is 0.845. The highest BCUT2D eigenvalue weighted by molar-refractivity contribution is 5.41. The lowest BCUT2D eigenvalue weighted by Gasteiger charge is -1.94. The van der Waals surface area contributed by atoms with Gasteiger partial charge in [-0.15, -0.1) is 13.2 Å². The van der Waals surface area contributed by atoms with E-state index in [0.29, 0.717) is 0 Å². The Balaban J connectivity index is 0.000000265. The third-order valence-electron chi connectivity index (χ3n) is 1.64. The molecule has 0 spiro atoms. The van der Waals surface area contributed by atoms with E-state index in [1.807, 2.05) is 49.5 Å². The Morgan fingerprint density at radius 3 is 1.93 bits per heavy atom. The van der Waals surface area contributed by atoms with E-state index in [4.69, 9.17) is 0 Å². The first kappa shape index (κ1) is 13.5. The maximum atomic E-state index is 3.54. The van der Waals surface area contributed by atoms with Crippen molar-refractivity contribution in [2.45, 2.75) is 0 Å². The van der Waals surface area contributed by atoms with E-state index in [2.05, 4.69) is 23.8 Å². The molecule has 0 saturated heterocycles. The van der Waals surface area contributed by atoms with Gasteiger partial charge in [0.2, 0.25) is 0 Å². The van der Waals surface area contributed by atoms with Crippen molar-refractivity contribution in [3.05, 3.63) is 55.6 Å². The summed E-state index contributed by atoms with van der Waals surface area (Å²) in [5.41, 5.74) is 1.16. The summed E-state index contributed by atoms with van der Waals surface area (Å²) in [6, 6.07) is 10.1. The molecule has 0 aliphatic heterocycles. The molecular formula is C13H20N2. The number of rotatable bonds is 5. The number of para-hydroxylation sites is 1. The molecule has 1 rings (SSSR count). The smallest absolute Gasteiger partial charge is 0.0337 e. The van der Waals surface area contributed by atoms with E-state index in [0.717, 1.165) is 18.8 Å². The van der Waals surface area contributed by atoms with Gasteiger partial charge in [-0.3, -0.25) is 0 Å². The van der Waals surface area contributed by atoms with Crippen molar-refractivity contribution >= 4 is 5.69 Å². The molecule has 0 atom stereocenters. The van der Waals surface area contributed by atoms with Crippen LogP contribution in [0.5, 0.6) is 0 Å². The Hall–Kier alpha value is -1.54. The molecule has 2 N–H and O–H groups in total. The molecule has 1 aromatic rings. The Morgan fingerprint density at radius 1 is 1.07 bits per heavy atom. The molecule has 82 valence electrons. The van der Waals surface area contributed by atoms with Gasteiger partial charge in [0, 0.05) is 25.8 Å². The second-order valence-electron chi connectivity index (χ2n) is 2.85. The zero-order chi connectivity index (χ0) is 11.4. The van der Waals surface area contributed by atoms with Gasteiger partial charge in [0.05, 0.1) is 0 Å². The van der Waals surface area contributed by atoms with Crippen LogP contribution >= 0.6 is 0 Å². The van der Waals surface area contributed by atoms with Crippen LogP contribution < -0.4 is 10.6 Å². The molecule has 1 aromatic carbocycles. The van der Waals surface area contributed by atoms with Crippen LogP contribution in [0.4, 0.5) is 5.69 Å². The van der Waals surface area contributed by atoms with E-state index in [1.165, 1.54) is 0 Å². The Labute approximate surface area is 92.7 Å². The molecule has 0 heterocycles. The van der Waals surface area contributed by atoms with Crippen molar-refractivity contribution < 1.29 is 0 Å². The standard InChI is InChI=1S/C7H9N.C6H11N/c1-8-7-5-3-2-4-6-7;1-3-5-7-6-4-2/h2-6,8H,1H3;3-4,7H,1-2,5-6H2. The van der Waals surface area contributed by atoms with Gasteiger partial charge >= 0.3 is 0 Å². The highest BCUT2D eigenvalue weighted by Crippen LogP contribution is 2.01. The number of hydrogen-bond donors (Lipinski definition) is 2. The fourth-order valence-electron chi connectivity index (χ4n) is 0.892. The van der Waals surface area contributed by atoms with Gasteiger partial charge in [-0.05, 0) is 12.1 Å². The molecule has 2 nitrogen and oxygen atoms in total. The first-order chi connectivity index (χ1) is 7.35. The summed E-state index contributed by atoms with van der Waals surface area (Å²) in [5.74, 6) is 0. The average molecular weight is 204 g/mol. The van der Waals surface area contributed by atoms with Gasteiger partial charge in [-0.25, -0.2) is 0 Å². The molecule has 0 radical (unpaired) electrons. The minimum Gasteiger partial charge on any atom is -0.388 e. The Bertz CT molecular complexity index is 246. The number of nitrogens with one attached hydrogen (secondary N) is 2. The van der Waals surface area contributed by atoms with Gasteiger partial charge in [0.25, 0.3) is 0 Å². The van der Waals surface area contributed by atoms with Crippen LogP contribution in [0.25, 0.3) is 0 Å². The van der Waals surface area contributed by atoms with Crippen LogP contribution in [-0.4, -0.2) is 20.1 Å².